The van der Waals surface area contributed by atoms with Gasteiger partial charge in [-0.05, 0) is 31.6 Å². The smallest absolute Gasteiger partial charge is 0.253 e. The van der Waals surface area contributed by atoms with Gasteiger partial charge in [0.1, 0.15) is 0 Å². The van der Waals surface area contributed by atoms with E-state index in [2.05, 4.69) is 19.9 Å². The van der Waals surface area contributed by atoms with Crippen molar-refractivity contribution in [1.82, 2.24) is 19.5 Å². The molecule has 7 heteroatoms. The molecule has 126 valence electrons. The zero-order valence-corrected chi connectivity index (χ0v) is 13.4. The molecule has 2 aliphatic rings. The summed E-state index contributed by atoms with van der Waals surface area (Å²) in [6.07, 6.45) is 8.31. The lowest BCUT2D eigenvalue weighted by molar-refractivity contribution is 0.348. The fraction of sp³-hybridized carbons (Fsp3) is 0.529. The Morgan fingerprint density at radius 3 is 2.42 bits per heavy atom. The third kappa shape index (κ3) is 3.29. The van der Waals surface area contributed by atoms with Gasteiger partial charge < -0.3 is 4.90 Å². The summed E-state index contributed by atoms with van der Waals surface area (Å²) in [6, 6.07) is 1.69. The topological polar surface area (TPSA) is 63.9 Å². The van der Waals surface area contributed by atoms with E-state index in [0.29, 0.717) is 24.3 Å². The van der Waals surface area contributed by atoms with Crippen LogP contribution in [0.5, 0.6) is 0 Å². The van der Waals surface area contributed by atoms with Crippen molar-refractivity contribution in [2.75, 3.05) is 18.0 Å². The largest absolute Gasteiger partial charge is 0.341 e. The lowest BCUT2D eigenvalue weighted by atomic mass is 9.97. The number of hydrogen-bond donors (Lipinski definition) is 0. The number of piperidine rings is 1. The summed E-state index contributed by atoms with van der Waals surface area (Å²) >= 11 is 0. The SMILES string of the molecule is O=c1cc(C2CC2)ncn1CC1CCN(c2ncc(F)cn2)CC1. The zero-order chi connectivity index (χ0) is 16.5. The molecule has 4 rings (SSSR count). The second-order valence-corrected chi connectivity index (χ2v) is 6.71. The van der Waals surface area contributed by atoms with Crippen LogP contribution in [0, 0.1) is 11.7 Å². The summed E-state index contributed by atoms with van der Waals surface area (Å²) in [7, 11) is 0. The van der Waals surface area contributed by atoms with Gasteiger partial charge in [0.25, 0.3) is 5.56 Å². The molecule has 0 spiro atoms. The van der Waals surface area contributed by atoms with Crippen LogP contribution in [0.15, 0.2) is 29.6 Å². The summed E-state index contributed by atoms with van der Waals surface area (Å²) in [4.78, 5) is 26.8. The fourth-order valence-electron chi connectivity index (χ4n) is 3.24. The first-order chi connectivity index (χ1) is 11.7. The lowest BCUT2D eigenvalue weighted by Crippen LogP contribution is -2.37. The van der Waals surface area contributed by atoms with Gasteiger partial charge in [-0.1, -0.05) is 0 Å². The van der Waals surface area contributed by atoms with Crippen LogP contribution in [-0.4, -0.2) is 32.6 Å². The lowest BCUT2D eigenvalue weighted by Gasteiger charge is -2.32. The molecule has 1 saturated carbocycles. The Kier molecular flexibility index (Phi) is 4.00. The second-order valence-electron chi connectivity index (χ2n) is 6.71. The normalized spacial score (nSPS) is 18.8. The van der Waals surface area contributed by atoms with Gasteiger partial charge in [-0.15, -0.1) is 0 Å². The Bertz CT molecular complexity index is 763. The van der Waals surface area contributed by atoms with Gasteiger partial charge in [0.05, 0.1) is 24.4 Å². The van der Waals surface area contributed by atoms with Crippen molar-refractivity contribution in [3.63, 3.8) is 0 Å². The third-order valence-electron chi connectivity index (χ3n) is 4.86. The predicted octanol–water partition coefficient (Wildman–Crippen LogP) is 1.97. The van der Waals surface area contributed by atoms with E-state index in [1.165, 1.54) is 12.4 Å². The molecule has 0 aromatic carbocycles. The van der Waals surface area contributed by atoms with Crippen molar-refractivity contribution in [1.29, 1.82) is 0 Å². The molecule has 0 bridgehead atoms. The molecule has 0 amide bonds. The third-order valence-corrected chi connectivity index (χ3v) is 4.86. The highest BCUT2D eigenvalue weighted by molar-refractivity contribution is 5.29. The minimum absolute atomic E-state index is 0.0520. The molecular weight excluding hydrogens is 309 g/mol. The number of hydrogen-bond acceptors (Lipinski definition) is 5. The van der Waals surface area contributed by atoms with Gasteiger partial charge in [0.2, 0.25) is 5.95 Å². The fourth-order valence-corrected chi connectivity index (χ4v) is 3.24. The maximum Gasteiger partial charge on any atom is 0.253 e. The predicted molar refractivity (Wildman–Crippen MR) is 87.4 cm³/mol. The van der Waals surface area contributed by atoms with Crippen LogP contribution in [0.4, 0.5) is 10.3 Å². The number of aromatic nitrogens is 4. The molecule has 2 fully saturated rings. The van der Waals surface area contributed by atoms with Crippen molar-refractivity contribution >= 4 is 5.95 Å². The Morgan fingerprint density at radius 2 is 1.79 bits per heavy atom. The van der Waals surface area contributed by atoms with Gasteiger partial charge in [-0.3, -0.25) is 9.36 Å². The first-order valence-corrected chi connectivity index (χ1v) is 8.48. The quantitative estimate of drug-likeness (QED) is 0.858. The second kappa shape index (κ2) is 6.30. The number of rotatable bonds is 4. The van der Waals surface area contributed by atoms with Crippen LogP contribution in [0.1, 0.15) is 37.3 Å². The van der Waals surface area contributed by atoms with Crippen LogP contribution < -0.4 is 10.5 Å². The molecular formula is C17H20FN5O. The van der Waals surface area contributed by atoms with E-state index in [0.717, 1.165) is 44.5 Å². The summed E-state index contributed by atoms with van der Waals surface area (Å²) in [5.41, 5.74) is 0.996. The molecule has 24 heavy (non-hydrogen) atoms. The first-order valence-electron chi connectivity index (χ1n) is 8.48. The van der Waals surface area contributed by atoms with Crippen molar-refractivity contribution in [3.8, 4) is 0 Å². The zero-order valence-electron chi connectivity index (χ0n) is 13.4. The maximum atomic E-state index is 12.9. The highest BCUT2D eigenvalue weighted by atomic mass is 19.1. The molecule has 3 heterocycles. The summed E-state index contributed by atoms with van der Waals surface area (Å²) < 4.78 is 14.6. The van der Waals surface area contributed by atoms with Gasteiger partial charge >= 0.3 is 0 Å². The van der Waals surface area contributed by atoms with E-state index in [-0.39, 0.29) is 5.56 Å². The van der Waals surface area contributed by atoms with Crippen molar-refractivity contribution in [2.24, 2.45) is 5.92 Å². The van der Waals surface area contributed by atoms with Gasteiger partial charge in [-0.25, -0.2) is 19.3 Å². The standard InChI is InChI=1S/C17H20FN5O/c18-14-8-19-17(20-9-14)22-5-3-12(4-6-22)10-23-11-21-15(7-16(23)24)13-1-2-13/h7-9,11-13H,1-6,10H2. The number of anilines is 1. The Balaban J connectivity index is 1.36. The summed E-state index contributed by atoms with van der Waals surface area (Å²) in [6.45, 7) is 2.34. The Labute approximate surface area is 139 Å². The first kappa shape index (κ1) is 15.2. The van der Waals surface area contributed by atoms with Crippen LogP contribution in [-0.2, 0) is 6.54 Å². The van der Waals surface area contributed by atoms with Crippen molar-refractivity contribution in [3.05, 3.63) is 46.7 Å². The molecule has 1 aliphatic heterocycles. The minimum Gasteiger partial charge on any atom is -0.341 e. The van der Waals surface area contributed by atoms with Crippen LogP contribution in [0.3, 0.4) is 0 Å². The molecule has 1 saturated heterocycles. The average Bonchev–Trinajstić information content (AvgIpc) is 3.43. The van der Waals surface area contributed by atoms with E-state index in [1.54, 1.807) is 17.0 Å². The summed E-state index contributed by atoms with van der Waals surface area (Å²) in [5, 5.41) is 0. The van der Waals surface area contributed by atoms with Crippen molar-refractivity contribution < 1.29 is 4.39 Å². The van der Waals surface area contributed by atoms with Gasteiger partial charge in [0, 0.05) is 31.6 Å². The van der Waals surface area contributed by atoms with Gasteiger partial charge in [-0.2, -0.15) is 0 Å². The van der Waals surface area contributed by atoms with E-state index in [9.17, 15) is 9.18 Å². The highest BCUT2D eigenvalue weighted by Crippen LogP contribution is 2.38. The molecule has 2 aromatic rings. The Hall–Kier alpha value is -2.31. The maximum absolute atomic E-state index is 12.9. The van der Waals surface area contributed by atoms with E-state index >= 15 is 0 Å². The van der Waals surface area contributed by atoms with E-state index in [4.69, 9.17) is 0 Å². The number of nitrogens with zero attached hydrogens (tertiary/aromatic N) is 5. The van der Waals surface area contributed by atoms with Crippen LogP contribution in [0.25, 0.3) is 0 Å². The summed E-state index contributed by atoms with van der Waals surface area (Å²) in [5.74, 6) is 1.09. The van der Waals surface area contributed by atoms with Gasteiger partial charge in [0.15, 0.2) is 5.82 Å². The molecule has 0 atom stereocenters. The molecule has 0 N–H and O–H groups in total. The van der Waals surface area contributed by atoms with Crippen LogP contribution >= 0.6 is 0 Å². The van der Waals surface area contributed by atoms with Crippen molar-refractivity contribution in [2.45, 2.75) is 38.1 Å². The number of halogens is 1. The molecule has 2 aromatic heterocycles. The monoisotopic (exact) mass is 329 g/mol. The molecule has 1 aliphatic carbocycles. The Morgan fingerprint density at radius 1 is 1.08 bits per heavy atom. The van der Waals surface area contributed by atoms with E-state index < -0.39 is 5.82 Å². The minimum atomic E-state index is -0.421. The molecule has 6 nitrogen and oxygen atoms in total. The highest BCUT2D eigenvalue weighted by Gasteiger charge is 2.26. The average molecular weight is 329 g/mol. The van der Waals surface area contributed by atoms with E-state index in [1.807, 2.05) is 0 Å². The molecule has 0 radical (unpaired) electrons. The molecule has 0 unspecified atom stereocenters. The van der Waals surface area contributed by atoms with Crippen LogP contribution in [0.2, 0.25) is 0 Å².